The maximum Gasteiger partial charge on any atom is 0.206 e. The predicted molar refractivity (Wildman–Crippen MR) is 82.7 cm³/mol. The molecule has 3 heteroatoms. The van der Waals surface area contributed by atoms with Crippen molar-refractivity contribution in [3.05, 3.63) is 22.4 Å². The Hall–Kier alpha value is -1.38. The molecule has 3 aliphatic rings. The maximum absolute atomic E-state index is 13.0. The van der Waals surface area contributed by atoms with E-state index in [2.05, 4.69) is 18.7 Å². The van der Waals surface area contributed by atoms with Gasteiger partial charge in [0.2, 0.25) is 5.78 Å². The Morgan fingerprint density at radius 3 is 1.95 bits per heavy atom. The van der Waals surface area contributed by atoms with Crippen LogP contribution in [0.25, 0.3) is 0 Å². The third-order valence-electron chi connectivity index (χ3n) is 5.40. The molecular formula is C18H25NO2. The summed E-state index contributed by atoms with van der Waals surface area (Å²) in [7, 11) is 0. The molecule has 0 amide bonds. The molecule has 0 saturated carbocycles. The number of likely N-dealkylation sites (tertiary alicyclic amines) is 1. The second-order valence-electron chi connectivity index (χ2n) is 7.03. The Balaban J connectivity index is 2.07. The predicted octanol–water partition coefficient (Wildman–Crippen LogP) is 3.12. The lowest BCUT2D eigenvalue weighted by Crippen LogP contribution is -2.46. The smallest absolute Gasteiger partial charge is 0.206 e. The van der Waals surface area contributed by atoms with E-state index >= 15 is 0 Å². The van der Waals surface area contributed by atoms with Crippen molar-refractivity contribution in [2.45, 2.75) is 47.0 Å². The van der Waals surface area contributed by atoms with Crippen LogP contribution in [0.2, 0.25) is 0 Å². The first-order valence-electron chi connectivity index (χ1n) is 8.27. The molecule has 1 saturated heterocycles. The average molecular weight is 287 g/mol. The number of ketones is 2. The quantitative estimate of drug-likeness (QED) is 0.732. The van der Waals surface area contributed by atoms with Crippen molar-refractivity contribution < 1.29 is 9.59 Å². The molecule has 114 valence electrons. The van der Waals surface area contributed by atoms with Crippen molar-refractivity contribution in [2.75, 3.05) is 13.1 Å². The molecule has 1 fully saturated rings. The lowest BCUT2D eigenvalue weighted by atomic mass is 9.61. The van der Waals surface area contributed by atoms with Crippen molar-refractivity contribution in [1.29, 1.82) is 0 Å². The highest BCUT2D eigenvalue weighted by molar-refractivity contribution is 6.27. The van der Waals surface area contributed by atoms with Crippen LogP contribution < -0.4 is 0 Å². The first-order valence-corrected chi connectivity index (χ1v) is 8.27. The molecule has 0 spiro atoms. The highest BCUT2D eigenvalue weighted by atomic mass is 16.1. The molecule has 1 aliphatic heterocycles. The second kappa shape index (κ2) is 5.11. The minimum Gasteiger partial charge on any atom is -0.368 e. The summed E-state index contributed by atoms with van der Waals surface area (Å²) in [5.41, 5.74) is 3.10. The largest absolute Gasteiger partial charge is 0.368 e. The molecule has 2 atom stereocenters. The second-order valence-corrected chi connectivity index (χ2v) is 7.03. The summed E-state index contributed by atoms with van der Waals surface area (Å²) in [4.78, 5) is 28.1. The van der Waals surface area contributed by atoms with Crippen LogP contribution in [0.5, 0.6) is 0 Å². The Morgan fingerprint density at radius 2 is 1.43 bits per heavy atom. The molecule has 0 aromatic heterocycles. The summed E-state index contributed by atoms with van der Waals surface area (Å²) in [5.74, 6) is 0.847. The third kappa shape index (κ3) is 2.01. The molecule has 0 radical (unpaired) electrons. The van der Waals surface area contributed by atoms with E-state index in [4.69, 9.17) is 0 Å². The number of rotatable bonds is 2. The summed E-state index contributed by atoms with van der Waals surface area (Å²) in [6.07, 6.45) is 3.47. The zero-order chi connectivity index (χ0) is 15.3. The highest BCUT2D eigenvalue weighted by Crippen LogP contribution is 2.48. The zero-order valence-electron chi connectivity index (χ0n) is 13.5. The van der Waals surface area contributed by atoms with Gasteiger partial charge >= 0.3 is 0 Å². The van der Waals surface area contributed by atoms with Crippen LogP contribution in [-0.2, 0) is 9.59 Å². The Labute approximate surface area is 127 Å². The Kier molecular flexibility index (Phi) is 3.54. The first-order chi connectivity index (χ1) is 9.95. The Bertz CT molecular complexity index is 562. The van der Waals surface area contributed by atoms with E-state index in [0.717, 1.165) is 48.3 Å². The standard InChI is InChI=1S/C18H25NO2/c1-10(2)13-16(19-8-6-5-7-9-19)18(21)15-12(4)11(3)14(15)17(13)20/h10-12H,5-9H2,1-4H3/t11-,12+/m1/s1. The number of Topliss-reactive ketones (excluding diaryl/α,β-unsaturated/α-hetero) is 2. The lowest BCUT2D eigenvalue weighted by molar-refractivity contribution is -0.120. The van der Waals surface area contributed by atoms with Gasteiger partial charge in [0.05, 0.1) is 5.70 Å². The van der Waals surface area contributed by atoms with Crippen LogP contribution in [0.1, 0.15) is 47.0 Å². The molecule has 21 heavy (non-hydrogen) atoms. The first kappa shape index (κ1) is 14.6. The van der Waals surface area contributed by atoms with Gasteiger partial charge in [0, 0.05) is 29.8 Å². The van der Waals surface area contributed by atoms with Crippen molar-refractivity contribution in [3.8, 4) is 0 Å². The van der Waals surface area contributed by atoms with Crippen LogP contribution in [0.3, 0.4) is 0 Å². The van der Waals surface area contributed by atoms with Crippen LogP contribution in [0, 0.1) is 17.8 Å². The number of nitrogens with zero attached hydrogens (tertiary/aromatic N) is 1. The normalized spacial score (nSPS) is 30.0. The van der Waals surface area contributed by atoms with Crippen molar-refractivity contribution in [3.63, 3.8) is 0 Å². The molecule has 0 aromatic carbocycles. The number of hydrogen-bond acceptors (Lipinski definition) is 3. The molecule has 0 unspecified atom stereocenters. The van der Waals surface area contributed by atoms with Gasteiger partial charge in [-0.25, -0.2) is 0 Å². The molecule has 0 bridgehead atoms. The van der Waals surface area contributed by atoms with E-state index in [9.17, 15) is 9.59 Å². The summed E-state index contributed by atoms with van der Waals surface area (Å²) in [5, 5.41) is 0. The minimum absolute atomic E-state index is 0.107. The van der Waals surface area contributed by atoms with Gasteiger partial charge in [0.25, 0.3) is 0 Å². The van der Waals surface area contributed by atoms with Gasteiger partial charge in [0.1, 0.15) is 0 Å². The number of carbonyl (C=O) groups excluding carboxylic acids is 2. The highest BCUT2D eigenvalue weighted by Gasteiger charge is 2.48. The van der Waals surface area contributed by atoms with Gasteiger partial charge in [-0.2, -0.15) is 0 Å². The van der Waals surface area contributed by atoms with Gasteiger partial charge < -0.3 is 4.90 Å². The van der Waals surface area contributed by atoms with E-state index in [1.807, 2.05) is 13.8 Å². The Morgan fingerprint density at radius 1 is 0.905 bits per heavy atom. The SMILES string of the molecule is CC(C)C1=C(N2CCCCC2)C(=O)C2=C(C1=O)[C@H](C)[C@@H]2C. The molecule has 3 nitrogen and oxygen atoms in total. The number of piperidine rings is 1. The summed E-state index contributed by atoms with van der Waals surface area (Å²) in [6.45, 7) is 10.0. The molecule has 0 N–H and O–H groups in total. The fourth-order valence-electron chi connectivity index (χ4n) is 4.02. The van der Waals surface area contributed by atoms with Crippen LogP contribution in [0.15, 0.2) is 22.4 Å². The van der Waals surface area contributed by atoms with Gasteiger partial charge in [0.15, 0.2) is 5.78 Å². The summed E-state index contributed by atoms with van der Waals surface area (Å²) < 4.78 is 0. The van der Waals surface area contributed by atoms with Gasteiger partial charge in [-0.05, 0) is 37.0 Å². The number of allylic oxidation sites excluding steroid dienone is 3. The minimum atomic E-state index is 0.107. The summed E-state index contributed by atoms with van der Waals surface area (Å²) >= 11 is 0. The molecule has 0 aromatic rings. The van der Waals surface area contributed by atoms with Crippen LogP contribution in [-0.4, -0.2) is 29.6 Å². The summed E-state index contributed by atoms with van der Waals surface area (Å²) in [6, 6.07) is 0. The average Bonchev–Trinajstić information content (AvgIpc) is 2.47. The lowest BCUT2D eigenvalue weighted by Gasteiger charge is -2.43. The third-order valence-corrected chi connectivity index (χ3v) is 5.40. The van der Waals surface area contributed by atoms with Crippen molar-refractivity contribution in [1.82, 2.24) is 4.90 Å². The maximum atomic E-state index is 13.0. The fraction of sp³-hybridized carbons (Fsp3) is 0.667. The molecule has 2 aliphatic carbocycles. The van der Waals surface area contributed by atoms with Crippen molar-refractivity contribution >= 4 is 11.6 Å². The van der Waals surface area contributed by atoms with E-state index in [1.165, 1.54) is 6.42 Å². The van der Waals surface area contributed by atoms with Gasteiger partial charge in [-0.15, -0.1) is 0 Å². The van der Waals surface area contributed by atoms with Gasteiger partial charge in [-0.3, -0.25) is 9.59 Å². The number of hydrogen-bond donors (Lipinski definition) is 0. The topological polar surface area (TPSA) is 37.4 Å². The van der Waals surface area contributed by atoms with E-state index < -0.39 is 0 Å². The fourth-order valence-corrected chi connectivity index (χ4v) is 4.02. The van der Waals surface area contributed by atoms with Crippen LogP contribution >= 0.6 is 0 Å². The molecule has 3 rings (SSSR count). The van der Waals surface area contributed by atoms with E-state index in [1.54, 1.807) is 0 Å². The van der Waals surface area contributed by atoms with Crippen molar-refractivity contribution in [2.24, 2.45) is 17.8 Å². The van der Waals surface area contributed by atoms with E-state index in [-0.39, 0.29) is 29.3 Å². The van der Waals surface area contributed by atoms with E-state index in [0.29, 0.717) is 0 Å². The molecular weight excluding hydrogens is 262 g/mol. The number of carbonyl (C=O) groups is 2. The monoisotopic (exact) mass is 287 g/mol. The molecule has 1 heterocycles. The van der Waals surface area contributed by atoms with Crippen LogP contribution in [0.4, 0.5) is 0 Å². The van der Waals surface area contributed by atoms with Gasteiger partial charge in [-0.1, -0.05) is 27.7 Å². The zero-order valence-corrected chi connectivity index (χ0v) is 13.5.